The molecule has 2 nitrogen and oxygen atoms in total. The summed E-state index contributed by atoms with van der Waals surface area (Å²) in [4.78, 5) is 2.07. The molecule has 0 aliphatic rings. The summed E-state index contributed by atoms with van der Waals surface area (Å²) in [5, 5.41) is 0. The summed E-state index contributed by atoms with van der Waals surface area (Å²) in [6.07, 6.45) is 2.17. The van der Waals surface area contributed by atoms with E-state index in [9.17, 15) is 0 Å². The predicted octanol–water partition coefficient (Wildman–Crippen LogP) is 4.68. The number of rotatable bonds is 5. The zero-order valence-corrected chi connectivity index (χ0v) is 35.6. The molecule has 21 heavy (non-hydrogen) atoms. The van der Waals surface area contributed by atoms with Crippen LogP contribution in [-0.2, 0) is 4.74 Å². The van der Waals surface area contributed by atoms with Crippen molar-refractivity contribution in [1.29, 1.82) is 0 Å². The Morgan fingerprint density at radius 1 is 0.762 bits per heavy atom. The topological polar surface area (TPSA) is 12.5 Å². The van der Waals surface area contributed by atoms with Crippen LogP contribution in [0.2, 0.25) is 0 Å². The van der Waals surface area contributed by atoms with Crippen LogP contribution in [0, 0.1) is 37.3 Å². The second-order valence-electron chi connectivity index (χ2n) is 5.55. The molecule has 0 aromatic rings. The maximum absolute atomic E-state index is 4.68. The molecule has 120 valence electrons. The predicted molar refractivity (Wildman–Crippen MR) is 83.8 cm³/mol. The molecular formula is C16H36NORf3-3. The first-order valence-corrected chi connectivity index (χ1v) is 6.84. The van der Waals surface area contributed by atoms with Gasteiger partial charge in [0, 0.05) is 0 Å². The van der Waals surface area contributed by atoms with Gasteiger partial charge in [0.25, 0.3) is 0 Å². The second kappa shape index (κ2) is 25.7. The Hall–Kier alpha value is -3.08. The van der Waals surface area contributed by atoms with Crippen LogP contribution >= 0.6 is 0 Å². The molecule has 0 saturated heterocycles. The standard InChI is InChI=1S/C6H14N.C5H11O.C5H11.3Rf/c1-6(2)5-7(3)4;1-5(2)4-6-3;1-4-5(2)3;;;/h5-6H,1-4H3;4-5H,1-3H3;4-5H,1-3H3;;;/q3*-1;;;. The van der Waals surface area contributed by atoms with E-state index in [0.717, 1.165) is 5.92 Å². The first-order chi connectivity index (χ1) is 8.17. The normalized spacial score (nSPS) is 8.86. The van der Waals surface area contributed by atoms with Gasteiger partial charge in [-0.15, -0.1) is 0 Å². The van der Waals surface area contributed by atoms with Crippen molar-refractivity contribution in [3.8, 4) is 0 Å². The Balaban J connectivity index is -0.0000000379. The minimum absolute atomic E-state index is 0. The smallest absolute Gasteiger partial charge is 0 e. The van der Waals surface area contributed by atoms with Crippen LogP contribution in [0.4, 0.5) is 0 Å². The first-order valence-electron chi connectivity index (χ1n) is 6.84. The van der Waals surface area contributed by atoms with Crippen LogP contribution in [-0.4, -0.2) is 26.1 Å². The zero-order valence-electron chi connectivity index (χ0n) is 16.4. The average molecular weight is 1060 g/mol. The largest absolute Gasteiger partial charge is 0.554 e. The third-order valence-corrected chi connectivity index (χ3v) is 1.67. The summed E-state index contributed by atoms with van der Waals surface area (Å²) in [6.45, 7) is 18.8. The molecule has 0 saturated carbocycles. The van der Waals surface area contributed by atoms with E-state index in [-0.39, 0.29) is 0 Å². The number of nitrogens with zero attached hydrogens (tertiary/aromatic N) is 1. The summed E-state index contributed by atoms with van der Waals surface area (Å²) in [5.74, 6) is 1.99. The van der Waals surface area contributed by atoms with Crippen molar-refractivity contribution in [3.63, 3.8) is 0 Å². The summed E-state index contributed by atoms with van der Waals surface area (Å²) in [5.41, 5.74) is 0. The fraction of sp³-hybridized carbons (Fsp3) is 0.812. The fourth-order valence-electron chi connectivity index (χ4n) is 0.868. The van der Waals surface area contributed by atoms with Gasteiger partial charge < -0.3 is 16.1 Å². The van der Waals surface area contributed by atoms with E-state index in [2.05, 4.69) is 71.1 Å². The van der Waals surface area contributed by atoms with Crippen LogP contribution < -0.4 is 0 Å². The molecule has 0 radical (unpaired) electrons. The number of ether oxygens (including phenoxy) is 1. The molecule has 0 aliphatic heterocycles. The molecule has 0 fully saturated rings. The van der Waals surface area contributed by atoms with Gasteiger partial charge in [-0.3, -0.25) is 6.54 Å². The van der Waals surface area contributed by atoms with Crippen molar-refractivity contribution < 1.29 is 4.74 Å². The van der Waals surface area contributed by atoms with E-state index in [1.165, 1.54) is 0 Å². The Labute approximate surface area is 117 Å². The van der Waals surface area contributed by atoms with E-state index >= 15 is 0 Å². The van der Waals surface area contributed by atoms with Gasteiger partial charge in [-0.05, 0) is 21.2 Å². The summed E-state index contributed by atoms with van der Waals surface area (Å²) >= 11 is 0. The van der Waals surface area contributed by atoms with E-state index in [4.69, 9.17) is 0 Å². The molecule has 0 unspecified atom stereocenters. The third-order valence-electron chi connectivity index (χ3n) is 1.67. The van der Waals surface area contributed by atoms with Gasteiger partial charge in [0.15, 0.2) is 0 Å². The van der Waals surface area contributed by atoms with Gasteiger partial charge in [-0.1, -0.05) is 41.5 Å². The molecule has 0 rings (SSSR count). The minimum Gasteiger partial charge on any atom is -0.554 e. The van der Waals surface area contributed by atoms with Gasteiger partial charge in [0.2, 0.25) is 0 Å². The van der Waals surface area contributed by atoms with Crippen LogP contribution in [0.3, 0.4) is 0 Å². The molecular weight excluding hydrogens is 1020 g/mol. The Kier molecular flexibility index (Phi) is 44.2. The molecule has 0 N–H and O–H groups in total. The van der Waals surface area contributed by atoms with Crippen molar-refractivity contribution >= 4 is 0 Å². The Morgan fingerprint density at radius 3 is 1.10 bits per heavy atom. The summed E-state index contributed by atoms with van der Waals surface area (Å²) in [7, 11) is 5.75. The molecule has 5 heteroatoms. The number of hydrogen-bond acceptors (Lipinski definition) is 2. The molecule has 0 aromatic heterocycles. The number of methoxy groups -OCH3 is 1. The van der Waals surface area contributed by atoms with Crippen molar-refractivity contribution in [2.75, 3.05) is 21.2 Å². The van der Waals surface area contributed by atoms with Gasteiger partial charge in [0.1, 0.15) is 0 Å². The molecule has 0 heterocycles. The fourth-order valence-corrected chi connectivity index (χ4v) is 0.868. The van der Waals surface area contributed by atoms with Crippen LogP contribution in [0.5, 0.6) is 0 Å². The molecule has 0 amide bonds. The molecule has 0 atom stereocenters. The molecule has 0 bridgehead atoms. The third kappa shape index (κ3) is 107. The quantitative estimate of drug-likeness (QED) is 0.372. The van der Waals surface area contributed by atoms with Crippen molar-refractivity contribution in [1.82, 2.24) is 4.90 Å². The average Bonchev–Trinajstić information content (AvgIpc) is 2.16. The summed E-state index contributed by atoms with van der Waals surface area (Å²) < 4.78 is 4.68. The number of hydrogen-bond donors (Lipinski definition) is 0. The van der Waals surface area contributed by atoms with Gasteiger partial charge in [0.05, 0.1) is 0 Å². The summed E-state index contributed by atoms with van der Waals surface area (Å²) in [6, 6.07) is 0. The second-order valence-corrected chi connectivity index (χ2v) is 5.55. The van der Waals surface area contributed by atoms with Crippen molar-refractivity contribution in [2.24, 2.45) is 17.8 Å². The molecule has 0 aliphatic carbocycles. The molecule has 0 aromatic carbocycles. The van der Waals surface area contributed by atoms with E-state index < -0.39 is 0 Å². The van der Waals surface area contributed by atoms with Crippen LogP contribution in [0.15, 0.2) is 0 Å². The Morgan fingerprint density at radius 2 is 1.10 bits per heavy atom. The van der Waals surface area contributed by atoms with Gasteiger partial charge in [-0.2, -0.15) is 24.7 Å². The first kappa shape index (κ1) is 36.1. The minimum atomic E-state index is 0. The zero-order chi connectivity index (χ0) is 15.1. The van der Waals surface area contributed by atoms with Crippen molar-refractivity contribution in [2.45, 2.75) is 48.5 Å². The van der Waals surface area contributed by atoms with Gasteiger partial charge >= 0.3 is 0 Å². The van der Waals surface area contributed by atoms with Crippen molar-refractivity contribution in [3.05, 3.63) is 19.6 Å². The van der Waals surface area contributed by atoms with Crippen LogP contribution in [0.1, 0.15) is 48.5 Å². The van der Waals surface area contributed by atoms with Crippen LogP contribution in [0.25, 0.3) is 0 Å². The van der Waals surface area contributed by atoms with E-state index in [1.807, 2.05) is 14.1 Å². The maximum atomic E-state index is 4.68. The van der Waals surface area contributed by atoms with Gasteiger partial charge in [-0.25, -0.2) is 6.61 Å². The SMILES string of the molecule is CC(C)[CH-]N(C)C.CO[CH-]C(C)C.C[CH-]C(C)C.[Rf].[Rf].[Rf]. The maximum Gasteiger partial charge on any atom is 0 e. The molecule has 0 spiro atoms. The van der Waals surface area contributed by atoms with E-state index in [0.29, 0.717) is 11.8 Å². The Bertz CT molecular complexity index is 137. The monoisotopic (exact) mass is 1060 g/mol. The van der Waals surface area contributed by atoms with E-state index in [1.54, 1.807) is 13.7 Å².